The number of carbonyl (C=O) groups excluding carboxylic acids is 1. The predicted molar refractivity (Wildman–Crippen MR) is 142 cm³/mol. The summed E-state index contributed by atoms with van der Waals surface area (Å²) in [4.78, 5) is 17.3. The van der Waals surface area contributed by atoms with Crippen molar-refractivity contribution in [3.8, 4) is 22.6 Å². The number of carbonyl (C=O) groups is 1. The summed E-state index contributed by atoms with van der Waals surface area (Å²) in [5.41, 5.74) is 3.36. The Labute approximate surface area is 216 Å². The molecule has 0 aliphatic heterocycles. The van der Waals surface area contributed by atoms with Gasteiger partial charge >= 0.3 is 0 Å². The first kappa shape index (κ1) is 24.3. The summed E-state index contributed by atoms with van der Waals surface area (Å²) >= 11 is 1.16. The van der Waals surface area contributed by atoms with E-state index in [0.29, 0.717) is 17.5 Å². The molecular weight excluding hydrogens is 492 g/mol. The molecule has 1 amide bonds. The van der Waals surface area contributed by atoms with E-state index < -0.39 is 17.5 Å². The number of nitrogens with zero attached hydrogens (tertiary/aromatic N) is 4. The highest BCUT2D eigenvalue weighted by atomic mass is 32.2. The van der Waals surface area contributed by atoms with E-state index in [2.05, 4.69) is 22.1 Å². The van der Waals surface area contributed by atoms with Crippen molar-refractivity contribution in [2.75, 3.05) is 11.1 Å². The third-order valence-corrected chi connectivity index (χ3v) is 6.56. The molecule has 37 heavy (non-hydrogen) atoms. The number of hydrogen-bond donors (Lipinski definition) is 1. The summed E-state index contributed by atoms with van der Waals surface area (Å²) in [6.45, 7) is 4.27. The Balaban J connectivity index is 1.47. The first-order valence-corrected chi connectivity index (χ1v) is 12.4. The van der Waals surface area contributed by atoms with Gasteiger partial charge in [-0.25, -0.2) is 13.8 Å². The van der Waals surface area contributed by atoms with Gasteiger partial charge in [-0.05, 0) is 24.3 Å². The van der Waals surface area contributed by atoms with Crippen molar-refractivity contribution >= 4 is 34.3 Å². The second kappa shape index (κ2) is 10.7. The molecule has 0 bridgehead atoms. The molecule has 0 atom stereocenters. The van der Waals surface area contributed by atoms with Gasteiger partial charge in [0.2, 0.25) is 5.91 Å². The quantitative estimate of drug-likeness (QED) is 0.193. The molecule has 3 aromatic carbocycles. The summed E-state index contributed by atoms with van der Waals surface area (Å²) in [5.74, 6) is -1.43. The van der Waals surface area contributed by atoms with Gasteiger partial charge in [-0.1, -0.05) is 66.4 Å². The first-order valence-electron chi connectivity index (χ1n) is 11.4. The van der Waals surface area contributed by atoms with Crippen LogP contribution < -0.4 is 5.32 Å². The number of aromatic nitrogens is 4. The van der Waals surface area contributed by atoms with Crippen LogP contribution in [0, 0.1) is 11.6 Å². The second-order valence-corrected chi connectivity index (χ2v) is 9.05. The average Bonchev–Trinajstić information content (AvgIpc) is 3.31. The Hall–Kier alpha value is -4.37. The molecule has 0 unspecified atom stereocenters. The SMILES string of the molecule is C=CCn1c(SCC(=O)Nc2ccc(F)cc2F)nnc1-c1cc(-c2ccccc2)nc2ccccc12. The van der Waals surface area contributed by atoms with E-state index in [-0.39, 0.29) is 11.4 Å². The van der Waals surface area contributed by atoms with E-state index in [1.807, 2.05) is 65.2 Å². The molecule has 5 rings (SSSR count). The van der Waals surface area contributed by atoms with E-state index in [0.717, 1.165) is 51.6 Å². The van der Waals surface area contributed by atoms with Gasteiger partial charge in [0.15, 0.2) is 11.0 Å². The van der Waals surface area contributed by atoms with Gasteiger partial charge in [0.05, 0.1) is 22.7 Å². The minimum absolute atomic E-state index is 0.0432. The van der Waals surface area contributed by atoms with Crippen molar-refractivity contribution in [1.82, 2.24) is 19.7 Å². The van der Waals surface area contributed by atoms with Gasteiger partial charge in [-0.3, -0.25) is 9.36 Å². The maximum atomic E-state index is 13.9. The van der Waals surface area contributed by atoms with E-state index in [1.54, 1.807) is 6.08 Å². The minimum atomic E-state index is -0.839. The van der Waals surface area contributed by atoms with Crippen molar-refractivity contribution in [1.29, 1.82) is 0 Å². The van der Waals surface area contributed by atoms with Crippen LogP contribution in [0.25, 0.3) is 33.5 Å². The van der Waals surface area contributed by atoms with Crippen molar-refractivity contribution in [2.45, 2.75) is 11.7 Å². The Kier molecular flexibility index (Phi) is 7.04. The van der Waals surface area contributed by atoms with Crippen molar-refractivity contribution in [3.63, 3.8) is 0 Å². The molecular formula is C28H21F2N5OS. The van der Waals surface area contributed by atoms with Crippen molar-refractivity contribution < 1.29 is 13.6 Å². The van der Waals surface area contributed by atoms with Gasteiger partial charge in [0.25, 0.3) is 0 Å². The topological polar surface area (TPSA) is 72.7 Å². The highest BCUT2D eigenvalue weighted by molar-refractivity contribution is 7.99. The molecule has 2 aromatic heterocycles. The number of anilines is 1. The van der Waals surface area contributed by atoms with Crippen molar-refractivity contribution in [2.24, 2.45) is 0 Å². The van der Waals surface area contributed by atoms with Crippen LogP contribution >= 0.6 is 11.8 Å². The summed E-state index contributed by atoms with van der Waals surface area (Å²) in [5, 5.41) is 12.7. The van der Waals surface area contributed by atoms with Crippen LogP contribution in [-0.4, -0.2) is 31.4 Å². The molecule has 6 nitrogen and oxygen atoms in total. The highest BCUT2D eigenvalue weighted by Crippen LogP contribution is 2.33. The Morgan fingerprint density at radius 3 is 2.57 bits per heavy atom. The molecule has 9 heteroatoms. The lowest BCUT2D eigenvalue weighted by molar-refractivity contribution is -0.113. The average molecular weight is 514 g/mol. The number of nitrogens with one attached hydrogen (secondary N) is 1. The number of benzene rings is 3. The minimum Gasteiger partial charge on any atom is -0.323 e. The molecule has 0 fully saturated rings. The van der Waals surface area contributed by atoms with Crippen LogP contribution in [0.2, 0.25) is 0 Å². The molecule has 0 saturated carbocycles. The molecule has 184 valence electrons. The molecule has 0 spiro atoms. The third-order valence-electron chi connectivity index (χ3n) is 5.59. The van der Waals surface area contributed by atoms with Gasteiger partial charge in [-0.2, -0.15) is 0 Å². The fraction of sp³-hybridized carbons (Fsp3) is 0.0714. The highest BCUT2D eigenvalue weighted by Gasteiger charge is 2.19. The monoisotopic (exact) mass is 513 g/mol. The predicted octanol–water partition coefficient (Wildman–Crippen LogP) is 6.36. The first-order chi connectivity index (χ1) is 18.0. The number of hydrogen-bond acceptors (Lipinski definition) is 5. The van der Waals surface area contributed by atoms with Crippen molar-refractivity contribution in [3.05, 3.63) is 103 Å². The maximum absolute atomic E-state index is 13.9. The largest absolute Gasteiger partial charge is 0.323 e. The van der Waals surface area contributed by atoms with Crippen LogP contribution in [0.15, 0.2) is 96.7 Å². The Morgan fingerprint density at radius 2 is 1.78 bits per heavy atom. The number of amides is 1. The Bertz CT molecular complexity index is 1600. The van der Waals surface area contributed by atoms with Crippen LogP contribution in [-0.2, 0) is 11.3 Å². The fourth-order valence-corrected chi connectivity index (χ4v) is 4.66. The zero-order valence-corrected chi connectivity index (χ0v) is 20.4. The zero-order valence-electron chi connectivity index (χ0n) is 19.6. The number of halogens is 2. The number of para-hydroxylation sites is 1. The summed E-state index contributed by atoms with van der Waals surface area (Å²) < 4.78 is 28.9. The molecule has 0 radical (unpaired) electrons. The van der Waals surface area contributed by atoms with E-state index in [1.165, 1.54) is 6.07 Å². The molecule has 0 aliphatic rings. The third kappa shape index (κ3) is 5.26. The van der Waals surface area contributed by atoms with Gasteiger partial charge < -0.3 is 5.32 Å². The lowest BCUT2D eigenvalue weighted by Gasteiger charge is -2.12. The van der Waals surface area contributed by atoms with Gasteiger partial charge in [-0.15, -0.1) is 16.8 Å². The molecule has 2 heterocycles. The number of pyridine rings is 1. The van der Waals surface area contributed by atoms with Crippen LogP contribution in [0.3, 0.4) is 0 Å². The van der Waals surface area contributed by atoms with E-state index >= 15 is 0 Å². The number of thioether (sulfide) groups is 1. The summed E-state index contributed by atoms with van der Waals surface area (Å²) in [6.07, 6.45) is 1.73. The molecule has 5 aromatic rings. The molecule has 0 saturated heterocycles. The van der Waals surface area contributed by atoms with Crippen LogP contribution in [0.1, 0.15) is 0 Å². The number of allylic oxidation sites excluding steroid dienone is 1. The lowest BCUT2D eigenvalue weighted by atomic mass is 10.0. The van der Waals surface area contributed by atoms with E-state index in [4.69, 9.17) is 4.98 Å². The van der Waals surface area contributed by atoms with Gasteiger partial charge in [0.1, 0.15) is 11.6 Å². The van der Waals surface area contributed by atoms with Gasteiger partial charge in [0, 0.05) is 29.1 Å². The standard InChI is InChI=1S/C28H21F2N5OS/c1-2-14-35-27(33-34-28(35)37-17-26(36)32-24-13-12-19(29)15-22(24)30)21-16-25(18-8-4-3-5-9-18)31-23-11-7-6-10-20(21)23/h2-13,15-16H,1,14,17H2,(H,32,36). The smallest absolute Gasteiger partial charge is 0.234 e. The summed E-state index contributed by atoms with van der Waals surface area (Å²) in [6, 6.07) is 22.7. The Morgan fingerprint density at radius 1 is 1.00 bits per heavy atom. The fourth-order valence-electron chi connectivity index (χ4n) is 3.91. The van der Waals surface area contributed by atoms with E-state index in [9.17, 15) is 13.6 Å². The number of fused-ring (bicyclic) bond motifs is 1. The van der Waals surface area contributed by atoms with Crippen LogP contribution in [0.4, 0.5) is 14.5 Å². The normalized spacial score (nSPS) is 11.0. The maximum Gasteiger partial charge on any atom is 0.234 e. The van der Waals surface area contributed by atoms with Crippen LogP contribution in [0.5, 0.6) is 0 Å². The molecule has 0 aliphatic carbocycles. The second-order valence-electron chi connectivity index (χ2n) is 8.10. The molecule has 1 N–H and O–H groups in total. The lowest BCUT2D eigenvalue weighted by Crippen LogP contribution is -2.15. The summed E-state index contributed by atoms with van der Waals surface area (Å²) in [7, 11) is 0. The number of rotatable bonds is 8. The zero-order chi connectivity index (χ0) is 25.8.